The van der Waals surface area contributed by atoms with E-state index in [-0.39, 0.29) is 29.4 Å². The lowest BCUT2D eigenvalue weighted by molar-refractivity contribution is -0.137. The van der Waals surface area contributed by atoms with Crippen molar-refractivity contribution in [2.45, 2.75) is 52.1 Å². The zero-order valence-electron chi connectivity index (χ0n) is 15.1. The van der Waals surface area contributed by atoms with Crippen LogP contribution >= 0.6 is 0 Å². The maximum atomic E-state index is 12.6. The molecule has 1 unspecified atom stereocenters. The summed E-state index contributed by atoms with van der Waals surface area (Å²) in [6.45, 7) is 6.04. The van der Waals surface area contributed by atoms with E-state index in [1.165, 1.54) is 19.3 Å². The van der Waals surface area contributed by atoms with Gasteiger partial charge in [0.2, 0.25) is 5.91 Å². The molecule has 3 rings (SSSR count). The number of hydrogen-bond donors (Lipinski definition) is 0. The molecule has 2 saturated heterocycles. The minimum atomic E-state index is -3.04. The monoisotopic (exact) mass is 368 g/mol. The van der Waals surface area contributed by atoms with Crippen LogP contribution in [0.5, 0.6) is 0 Å². The smallest absolute Gasteiger partial charge is 0.225 e. The Bertz CT molecular complexity index is 704. The summed E-state index contributed by atoms with van der Waals surface area (Å²) in [6.07, 6.45) is 4.12. The number of anilines is 1. The van der Waals surface area contributed by atoms with Gasteiger partial charge in [-0.25, -0.2) is 8.42 Å². The van der Waals surface area contributed by atoms with Crippen molar-refractivity contribution >= 4 is 21.6 Å². The van der Waals surface area contributed by atoms with Crippen molar-refractivity contribution < 1.29 is 17.6 Å². The third kappa shape index (κ3) is 4.37. The van der Waals surface area contributed by atoms with E-state index in [1.807, 2.05) is 26.0 Å². The van der Waals surface area contributed by atoms with Gasteiger partial charge < -0.3 is 14.2 Å². The predicted molar refractivity (Wildman–Crippen MR) is 97.2 cm³/mol. The molecule has 2 aliphatic rings. The van der Waals surface area contributed by atoms with E-state index in [1.54, 1.807) is 4.90 Å². The van der Waals surface area contributed by atoms with Crippen molar-refractivity contribution in [3.05, 3.63) is 17.9 Å². The molecule has 1 amide bonds. The van der Waals surface area contributed by atoms with E-state index in [9.17, 15) is 13.2 Å². The number of carbonyl (C=O) groups excluding carboxylic acids is 1. The van der Waals surface area contributed by atoms with Crippen molar-refractivity contribution in [2.24, 2.45) is 5.92 Å². The minimum Gasteiger partial charge on any atom is -0.444 e. The molecule has 0 N–H and O–H groups in total. The molecule has 2 fully saturated rings. The SMILES string of the molecule is CC(C)C(=O)N(Cc1ccc(N2CCCCC2)o1)C1CCS(=O)(=O)C1. The molecule has 3 heterocycles. The third-order valence-electron chi connectivity index (χ3n) is 5.07. The number of amides is 1. The first kappa shape index (κ1) is 18.3. The summed E-state index contributed by atoms with van der Waals surface area (Å²) in [7, 11) is -3.04. The van der Waals surface area contributed by atoms with Crippen LogP contribution < -0.4 is 4.90 Å². The first-order valence-corrected chi connectivity index (χ1v) is 11.0. The van der Waals surface area contributed by atoms with Crippen LogP contribution in [0.15, 0.2) is 16.5 Å². The predicted octanol–water partition coefficient (Wildman–Crippen LogP) is 2.44. The van der Waals surface area contributed by atoms with Gasteiger partial charge in [0.1, 0.15) is 5.76 Å². The molecule has 1 aromatic rings. The van der Waals surface area contributed by atoms with Gasteiger partial charge in [0, 0.05) is 31.1 Å². The van der Waals surface area contributed by atoms with Gasteiger partial charge in [-0.1, -0.05) is 13.8 Å². The lowest BCUT2D eigenvalue weighted by Gasteiger charge is -2.29. The Morgan fingerprint density at radius 2 is 2.00 bits per heavy atom. The largest absolute Gasteiger partial charge is 0.444 e. The quantitative estimate of drug-likeness (QED) is 0.798. The molecule has 0 aliphatic carbocycles. The first-order valence-electron chi connectivity index (χ1n) is 9.20. The molecule has 25 heavy (non-hydrogen) atoms. The second-order valence-corrected chi connectivity index (χ2v) is 9.69. The van der Waals surface area contributed by atoms with Gasteiger partial charge in [-0.2, -0.15) is 0 Å². The lowest BCUT2D eigenvalue weighted by atomic mass is 10.1. The molecule has 1 atom stereocenters. The highest BCUT2D eigenvalue weighted by molar-refractivity contribution is 7.91. The van der Waals surface area contributed by atoms with E-state index >= 15 is 0 Å². The zero-order valence-corrected chi connectivity index (χ0v) is 15.9. The van der Waals surface area contributed by atoms with Crippen LogP contribution in [0, 0.1) is 5.92 Å². The standard InChI is InChI=1S/C18H28N2O4S/c1-14(2)18(21)20(15-8-11-25(22,23)13-15)12-16-6-7-17(24-16)19-9-4-3-5-10-19/h6-7,14-15H,3-5,8-13H2,1-2H3. The van der Waals surface area contributed by atoms with Crippen LogP contribution in [0.2, 0.25) is 0 Å². The van der Waals surface area contributed by atoms with Gasteiger partial charge in [-0.15, -0.1) is 0 Å². The Morgan fingerprint density at radius 1 is 1.28 bits per heavy atom. The van der Waals surface area contributed by atoms with Crippen LogP contribution in [0.4, 0.5) is 5.88 Å². The average molecular weight is 368 g/mol. The number of piperidine rings is 1. The second kappa shape index (κ2) is 7.40. The summed E-state index contributed by atoms with van der Waals surface area (Å²) in [4.78, 5) is 16.6. The van der Waals surface area contributed by atoms with Crippen molar-refractivity contribution in [1.82, 2.24) is 4.90 Å². The zero-order chi connectivity index (χ0) is 18.0. The van der Waals surface area contributed by atoms with Crippen LogP contribution in [0.1, 0.15) is 45.3 Å². The van der Waals surface area contributed by atoms with Gasteiger partial charge in [-0.05, 0) is 31.7 Å². The fourth-order valence-electron chi connectivity index (χ4n) is 3.64. The molecular weight excluding hydrogens is 340 g/mol. The number of hydrogen-bond acceptors (Lipinski definition) is 5. The summed E-state index contributed by atoms with van der Waals surface area (Å²) in [5.74, 6) is 1.62. The molecule has 7 heteroatoms. The lowest BCUT2D eigenvalue weighted by Crippen LogP contribution is -2.42. The number of nitrogens with zero attached hydrogens (tertiary/aromatic N) is 2. The third-order valence-corrected chi connectivity index (χ3v) is 6.82. The fraction of sp³-hybridized carbons (Fsp3) is 0.722. The van der Waals surface area contributed by atoms with Crippen molar-refractivity contribution in [1.29, 1.82) is 0 Å². The number of carbonyl (C=O) groups is 1. The number of sulfone groups is 1. The maximum absolute atomic E-state index is 12.6. The van der Waals surface area contributed by atoms with Crippen molar-refractivity contribution in [3.8, 4) is 0 Å². The maximum Gasteiger partial charge on any atom is 0.225 e. The molecule has 1 aromatic heterocycles. The first-order chi connectivity index (χ1) is 11.9. The molecular formula is C18H28N2O4S. The summed E-state index contributed by atoms with van der Waals surface area (Å²) in [6, 6.07) is 3.63. The Labute approximate surface area is 150 Å². The molecule has 140 valence electrons. The van der Waals surface area contributed by atoms with Crippen LogP contribution in [0.3, 0.4) is 0 Å². The van der Waals surface area contributed by atoms with Gasteiger partial charge >= 0.3 is 0 Å². The van der Waals surface area contributed by atoms with Gasteiger partial charge in [0.25, 0.3) is 0 Å². The van der Waals surface area contributed by atoms with Crippen molar-refractivity contribution in [3.63, 3.8) is 0 Å². The molecule has 0 saturated carbocycles. The molecule has 0 spiro atoms. The average Bonchev–Trinajstić information content (AvgIpc) is 3.19. The Kier molecular flexibility index (Phi) is 5.41. The molecule has 2 aliphatic heterocycles. The highest BCUT2D eigenvalue weighted by atomic mass is 32.2. The minimum absolute atomic E-state index is 0.0157. The van der Waals surface area contributed by atoms with Crippen LogP contribution in [-0.2, 0) is 21.2 Å². The Morgan fingerprint density at radius 3 is 2.60 bits per heavy atom. The molecule has 6 nitrogen and oxygen atoms in total. The highest BCUT2D eigenvalue weighted by Crippen LogP contribution is 2.26. The molecule has 0 aromatic carbocycles. The fourth-order valence-corrected chi connectivity index (χ4v) is 5.37. The van der Waals surface area contributed by atoms with Gasteiger partial charge in [0.15, 0.2) is 15.7 Å². The summed E-state index contributed by atoms with van der Waals surface area (Å²) in [5, 5.41) is 0. The van der Waals surface area contributed by atoms with Gasteiger partial charge in [0.05, 0.1) is 18.1 Å². The molecule has 0 radical (unpaired) electrons. The summed E-state index contributed by atoms with van der Waals surface area (Å²) in [5.41, 5.74) is 0. The topological polar surface area (TPSA) is 70.8 Å². The van der Waals surface area contributed by atoms with E-state index in [0.717, 1.165) is 24.7 Å². The number of rotatable bonds is 5. The summed E-state index contributed by atoms with van der Waals surface area (Å²) >= 11 is 0. The van der Waals surface area contributed by atoms with E-state index < -0.39 is 9.84 Å². The molecule has 0 bridgehead atoms. The van der Waals surface area contributed by atoms with Gasteiger partial charge in [-0.3, -0.25) is 4.79 Å². The van der Waals surface area contributed by atoms with E-state index in [0.29, 0.717) is 13.0 Å². The van der Waals surface area contributed by atoms with Crippen LogP contribution in [0.25, 0.3) is 0 Å². The van der Waals surface area contributed by atoms with Crippen molar-refractivity contribution in [2.75, 3.05) is 29.5 Å². The van der Waals surface area contributed by atoms with E-state index in [4.69, 9.17) is 4.42 Å². The highest BCUT2D eigenvalue weighted by Gasteiger charge is 2.35. The Balaban J connectivity index is 1.74. The van der Waals surface area contributed by atoms with E-state index in [2.05, 4.69) is 4.90 Å². The number of furan rings is 1. The van der Waals surface area contributed by atoms with Crippen LogP contribution in [-0.4, -0.2) is 49.9 Å². The second-order valence-electron chi connectivity index (χ2n) is 7.47. The Hall–Kier alpha value is -1.50. The normalized spacial score (nSPS) is 23.2. The summed E-state index contributed by atoms with van der Waals surface area (Å²) < 4.78 is 29.6.